The Bertz CT molecular complexity index is 1200. The maximum absolute atomic E-state index is 2.43. The second-order valence-electron chi connectivity index (χ2n) is 9.77. The molecule has 0 unspecified atom stereocenters. The van der Waals surface area contributed by atoms with E-state index in [4.69, 9.17) is 0 Å². The minimum atomic E-state index is 0.0340. The molecule has 1 saturated carbocycles. The number of hydrogen-bond acceptors (Lipinski definition) is 0. The van der Waals surface area contributed by atoms with Crippen molar-refractivity contribution in [3.05, 3.63) is 112 Å². The topological polar surface area (TPSA) is 0 Å². The molecule has 0 aliphatic heterocycles. The number of allylic oxidation sites excluding steroid dienone is 4. The number of hydrogen-bond donors (Lipinski definition) is 0. The monoisotopic (exact) mass is 404 g/mol. The van der Waals surface area contributed by atoms with Gasteiger partial charge in [0.25, 0.3) is 0 Å². The van der Waals surface area contributed by atoms with Gasteiger partial charge in [-0.2, -0.15) is 0 Å². The van der Waals surface area contributed by atoms with E-state index in [1.807, 2.05) is 0 Å². The molecule has 0 aromatic heterocycles. The molecule has 5 rings (SSSR count). The molecule has 3 aromatic carbocycles. The van der Waals surface area contributed by atoms with E-state index < -0.39 is 0 Å². The van der Waals surface area contributed by atoms with E-state index in [1.54, 1.807) is 5.56 Å². The Labute approximate surface area is 187 Å². The summed E-state index contributed by atoms with van der Waals surface area (Å²) in [6.45, 7) is 9.04. The Kier molecular flexibility index (Phi) is 4.97. The van der Waals surface area contributed by atoms with Gasteiger partial charge in [-0.1, -0.05) is 92.2 Å². The summed E-state index contributed by atoms with van der Waals surface area (Å²) in [5.74, 6) is 0.789. The van der Waals surface area contributed by atoms with Gasteiger partial charge in [0.05, 0.1) is 0 Å². The lowest BCUT2D eigenvalue weighted by Gasteiger charge is -2.22. The second kappa shape index (κ2) is 7.68. The Morgan fingerprint density at radius 3 is 2.39 bits per heavy atom. The van der Waals surface area contributed by atoms with Crippen LogP contribution in [0.5, 0.6) is 0 Å². The molecule has 3 aromatic rings. The van der Waals surface area contributed by atoms with Gasteiger partial charge in [-0.3, -0.25) is 0 Å². The predicted molar refractivity (Wildman–Crippen MR) is 134 cm³/mol. The van der Waals surface area contributed by atoms with Gasteiger partial charge in [0, 0.05) is 5.41 Å². The summed E-state index contributed by atoms with van der Waals surface area (Å²) >= 11 is 0. The molecule has 0 atom stereocenters. The SMILES string of the molecule is C/C=C\C(=C/Cc1ccccc1C1CC1)c1ccc2c(c1)C(C)(C)c1cc(C)ccc1-2. The third-order valence-electron chi connectivity index (χ3n) is 7.13. The quantitative estimate of drug-likeness (QED) is 0.375. The van der Waals surface area contributed by atoms with Crippen LogP contribution in [0.25, 0.3) is 16.7 Å². The van der Waals surface area contributed by atoms with Crippen LogP contribution in [-0.4, -0.2) is 0 Å². The molecule has 0 N–H and O–H groups in total. The van der Waals surface area contributed by atoms with Crippen molar-refractivity contribution in [1.82, 2.24) is 0 Å². The van der Waals surface area contributed by atoms with Crippen LogP contribution in [-0.2, 0) is 11.8 Å². The lowest BCUT2D eigenvalue weighted by atomic mass is 9.81. The van der Waals surface area contributed by atoms with Gasteiger partial charge in [-0.15, -0.1) is 0 Å². The molecule has 2 aliphatic rings. The number of fused-ring (bicyclic) bond motifs is 3. The fourth-order valence-electron chi connectivity index (χ4n) is 5.23. The molecule has 31 heavy (non-hydrogen) atoms. The van der Waals surface area contributed by atoms with E-state index in [1.165, 1.54) is 57.4 Å². The Hall–Kier alpha value is -2.86. The summed E-state index contributed by atoms with van der Waals surface area (Å²) in [5, 5.41) is 0. The first-order valence-corrected chi connectivity index (χ1v) is 11.7. The molecule has 0 spiro atoms. The number of benzene rings is 3. The summed E-state index contributed by atoms with van der Waals surface area (Å²) in [6, 6.07) is 23.0. The van der Waals surface area contributed by atoms with E-state index in [-0.39, 0.29) is 5.41 Å². The van der Waals surface area contributed by atoms with Crippen LogP contribution >= 0.6 is 0 Å². The Morgan fingerprint density at radius 1 is 0.935 bits per heavy atom. The van der Waals surface area contributed by atoms with Crippen molar-refractivity contribution < 1.29 is 0 Å². The molecule has 0 saturated heterocycles. The summed E-state index contributed by atoms with van der Waals surface area (Å²) in [7, 11) is 0. The minimum absolute atomic E-state index is 0.0340. The molecule has 0 heteroatoms. The van der Waals surface area contributed by atoms with Crippen molar-refractivity contribution >= 4 is 5.57 Å². The third kappa shape index (κ3) is 3.59. The zero-order valence-corrected chi connectivity index (χ0v) is 19.2. The van der Waals surface area contributed by atoms with Crippen LogP contribution in [0.4, 0.5) is 0 Å². The Balaban J connectivity index is 1.53. The fraction of sp³-hybridized carbons (Fsp3) is 0.290. The van der Waals surface area contributed by atoms with Gasteiger partial charge in [-0.25, -0.2) is 0 Å². The highest BCUT2D eigenvalue weighted by Gasteiger charge is 2.35. The molecule has 156 valence electrons. The molecule has 0 heterocycles. The van der Waals surface area contributed by atoms with E-state index in [2.05, 4.69) is 107 Å². The van der Waals surface area contributed by atoms with Crippen molar-refractivity contribution in [2.75, 3.05) is 0 Å². The Morgan fingerprint density at radius 2 is 1.65 bits per heavy atom. The van der Waals surface area contributed by atoms with Gasteiger partial charge in [0.2, 0.25) is 0 Å². The van der Waals surface area contributed by atoms with E-state index in [0.717, 1.165) is 12.3 Å². The van der Waals surface area contributed by atoms with E-state index >= 15 is 0 Å². The molecule has 0 radical (unpaired) electrons. The predicted octanol–water partition coefficient (Wildman–Crippen LogP) is 8.38. The van der Waals surface area contributed by atoms with E-state index in [0.29, 0.717) is 0 Å². The molecular formula is C31H32. The van der Waals surface area contributed by atoms with Gasteiger partial charge in [0.15, 0.2) is 0 Å². The van der Waals surface area contributed by atoms with Crippen LogP contribution in [0.3, 0.4) is 0 Å². The number of rotatable bonds is 5. The highest BCUT2D eigenvalue weighted by Crippen LogP contribution is 2.49. The van der Waals surface area contributed by atoms with Crippen LogP contribution in [0.15, 0.2) is 78.9 Å². The third-order valence-corrected chi connectivity index (χ3v) is 7.13. The first kappa shape index (κ1) is 20.1. The van der Waals surface area contributed by atoms with Crippen molar-refractivity contribution in [3.8, 4) is 11.1 Å². The molecule has 1 fully saturated rings. The smallest absolute Gasteiger partial charge is 0.0159 e. The maximum Gasteiger partial charge on any atom is 0.0159 e. The number of aryl methyl sites for hydroxylation is 1. The van der Waals surface area contributed by atoms with Crippen molar-refractivity contribution in [3.63, 3.8) is 0 Å². The lowest BCUT2D eigenvalue weighted by molar-refractivity contribution is 0.659. The summed E-state index contributed by atoms with van der Waals surface area (Å²) in [5.41, 5.74) is 12.7. The average Bonchev–Trinajstić information content (AvgIpc) is 3.59. The standard InChI is InChI=1S/C31H32/c1-5-8-22(12-13-23-9-6-7-10-26(23)24-14-15-24)25-16-18-28-27-17-11-21(2)19-29(27)31(3,4)30(28)20-25/h5-12,16-20,24H,13-15H2,1-4H3/b8-5-,22-12+. The molecular weight excluding hydrogens is 372 g/mol. The zero-order chi connectivity index (χ0) is 21.6. The molecule has 2 aliphatic carbocycles. The zero-order valence-electron chi connectivity index (χ0n) is 19.2. The summed E-state index contributed by atoms with van der Waals surface area (Å²) < 4.78 is 0. The molecule has 0 nitrogen and oxygen atoms in total. The summed E-state index contributed by atoms with van der Waals surface area (Å²) in [4.78, 5) is 0. The van der Waals surface area contributed by atoms with Crippen LogP contribution in [0.1, 0.15) is 72.9 Å². The fourth-order valence-corrected chi connectivity index (χ4v) is 5.23. The van der Waals surface area contributed by atoms with Gasteiger partial charge >= 0.3 is 0 Å². The van der Waals surface area contributed by atoms with Gasteiger partial charge < -0.3 is 0 Å². The minimum Gasteiger partial charge on any atom is -0.0871 e. The van der Waals surface area contributed by atoms with Crippen molar-refractivity contribution in [1.29, 1.82) is 0 Å². The highest BCUT2D eigenvalue weighted by molar-refractivity contribution is 5.84. The normalized spacial score (nSPS) is 17.1. The van der Waals surface area contributed by atoms with Crippen LogP contribution < -0.4 is 0 Å². The van der Waals surface area contributed by atoms with Crippen molar-refractivity contribution in [2.45, 2.75) is 58.3 Å². The first-order chi connectivity index (χ1) is 15.0. The van der Waals surface area contributed by atoms with Crippen molar-refractivity contribution in [2.24, 2.45) is 0 Å². The van der Waals surface area contributed by atoms with Gasteiger partial charge in [0.1, 0.15) is 0 Å². The first-order valence-electron chi connectivity index (χ1n) is 11.7. The van der Waals surface area contributed by atoms with Gasteiger partial charge in [-0.05, 0) is 89.6 Å². The van der Waals surface area contributed by atoms with Crippen LogP contribution in [0, 0.1) is 6.92 Å². The highest BCUT2D eigenvalue weighted by atomic mass is 14.4. The average molecular weight is 405 g/mol. The van der Waals surface area contributed by atoms with E-state index in [9.17, 15) is 0 Å². The maximum atomic E-state index is 2.43. The molecule has 0 bridgehead atoms. The second-order valence-corrected chi connectivity index (χ2v) is 9.77. The largest absolute Gasteiger partial charge is 0.0871 e. The van der Waals surface area contributed by atoms with Crippen LogP contribution in [0.2, 0.25) is 0 Å². The molecule has 0 amide bonds. The lowest BCUT2D eigenvalue weighted by Crippen LogP contribution is -2.15. The summed E-state index contributed by atoms with van der Waals surface area (Å²) in [6.07, 6.45) is 10.5.